The highest BCUT2D eigenvalue weighted by Gasteiger charge is 2.47. The average molecular weight is 431 g/mol. The van der Waals surface area contributed by atoms with Crippen LogP contribution in [0.2, 0.25) is 0 Å². The minimum absolute atomic E-state index is 0.0577. The van der Waals surface area contributed by atoms with E-state index in [0.717, 1.165) is 25.7 Å². The lowest BCUT2D eigenvalue weighted by molar-refractivity contribution is -0.141. The predicted molar refractivity (Wildman–Crippen MR) is 110 cm³/mol. The largest absolute Gasteiger partial charge is 0.360 e. The zero-order valence-corrected chi connectivity index (χ0v) is 17.8. The van der Waals surface area contributed by atoms with Crippen LogP contribution in [0.3, 0.4) is 0 Å². The Morgan fingerprint density at radius 3 is 2.32 bits per heavy atom. The fraction of sp³-hybridized carbons (Fsp3) is 0.667. The molecule has 0 unspecified atom stereocenters. The van der Waals surface area contributed by atoms with E-state index in [1.54, 1.807) is 17.9 Å². The van der Waals surface area contributed by atoms with Gasteiger partial charge in [0.1, 0.15) is 5.76 Å². The van der Waals surface area contributed by atoms with Gasteiger partial charge in [0.05, 0.1) is 18.4 Å². The molecule has 1 aromatic rings. The molecule has 2 saturated heterocycles. The number of carbonyl (C=O) groups excluding carboxylic acids is 4. The Morgan fingerprint density at radius 1 is 1.10 bits per heavy atom. The third-order valence-corrected chi connectivity index (χ3v) is 6.47. The Labute approximate surface area is 180 Å². The zero-order valence-electron chi connectivity index (χ0n) is 17.8. The molecule has 3 aliphatic rings. The number of anilines is 1. The van der Waals surface area contributed by atoms with Crippen LogP contribution >= 0.6 is 0 Å². The lowest BCUT2D eigenvalue weighted by Crippen LogP contribution is -2.51. The van der Waals surface area contributed by atoms with Crippen molar-refractivity contribution in [3.8, 4) is 0 Å². The van der Waals surface area contributed by atoms with Crippen LogP contribution in [0.5, 0.6) is 0 Å². The molecule has 1 N–H and O–H groups in total. The van der Waals surface area contributed by atoms with Crippen LogP contribution < -0.4 is 5.32 Å². The molecule has 1 saturated carbocycles. The second kappa shape index (κ2) is 9.17. The molecule has 0 spiro atoms. The first-order valence-electron chi connectivity index (χ1n) is 11.0. The van der Waals surface area contributed by atoms with Crippen LogP contribution in [-0.2, 0) is 19.2 Å². The van der Waals surface area contributed by atoms with Gasteiger partial charge in [0, 0.05) is 45.2 Å². The Bertz CT molecular complexity index is 836. The summed E-state index contributed by atoms with van der Waals surface area (Å²) in [5, 5.41) is 6.43. The lowest BCUT2D eigenvalue weighted by Gasteiger charge is -2.34. The Hall–Kier alpha value is -2.75. The summed E-state index contributed by atoms with van der Waals surface area (Å²) >= 11 is 0. The van der Waals surface area contributed by atoms with Gasteiger partial charge in [0.15, 0.2) is 5.82 Å². The molecule has 0 aromatic carbocycles. The van der Waals surface area contributed by atoms with Crippen LogP contribution in [0.15, 0.2) is 10.6 Å². The van der Waals surface area contributed by atoms with Crippen LogP contribution in [0, 0.1) is 18.8 Å². The number of nitrogens with one attached hydrogen (secondary N) is 1. The molecule has 168 valence electrons. The number of amides is 4. The third kappa shape index (κ3) is 4.79. The number of fused-ring (bicyclic) bond motifs is 1. The fourth-order valence-electron chi connectivity index (χ4n) is 4.78. The number of hydrogen-bond acceptors (Lipinski definition) is 7. The summed E-state index contributed by atoms with van der Waals surface area (Å²) in [6.45, 7) is 4.34. The van der Waals surface area contributed by atoms with Gasteiger partial charge in [-0.25, -0.2) is 0 Å². The van der Waals surface area contributed by atoms with E-state index < -0.39 is 0 Å². The molecule has 0 radical (unpaired) electrons. The van der Waals surface area contributed by atoms with E-state index in [4.69, 9.17) is 4.52 Å². The van der Waals surface area contributed by atoms with Crippen LogP contribution in [0.1, 0.15) is 37.9 Å². The van der Waals surface area contributed by atoms with Gasteiger partial charge < -0.3 is 14.7 Å². The van der Waals surface area contributed by atoms with Crippen molar-refractivity contribution in [2.45, 2.75) is 39.0 Å². The molecule has 4 rings (SSSR count). The van der Waals surface area contributed by atoms with E-state index in [1.165, 1.54) is 4.90 Å². The first kappa shape index (κ1) is 21.5. The molecule has 4 amide bonds. The third-order valence-electron chi connectivity index (χ3n) is 6.47. The highest BCUT2D eigenvalue weighted by molar-refractivity contribution is 6.05. The molecule has 3 fully saturated rings. The lowest BCUT2D eigenvalue weighted by atomic mass is 9.81. The van der Waals surface area contributed by atoms with Crippen molar-refractivity contribution in [3.63, 3.8) is 0 Å². The maximum Gasteiger partial charge on any atom is 0.239 e. The molecular weight excluding hydrogens is 402 g/mol. The normalized spacial score (nSPS) is 24.4. The number of nitrogens with zero attached hydrogens (tertiary/aromatic N) is 4. The van der Waals surface area contributed by atoms with Gasteiger partial charge >= 0.3 is 0 Å². The van der Waals surface area contributed by atoms with E-state index in [1.807, 2.05) is 4.90 Å². The SMILES string of the molecule is Cc1cc(NC(=O)CN2CCN(C(=O)CCN3C(=O)[C@H]4CCCC[C@@H]4C3=O)CC2)no1. The maximum atomic E-state index is 12.6. The second-order valence-corrected chi connectivity index (χ2v) is 8.60. The highest BCUT2D eigenvalue weighted by Crippen LogP contribution is 2.38. The van der Waals surface area contributed by atoms with Crippen molar-refractivity contribution in [2.24, 2.45) is 11.8 Å². The molecule has 0 bridgehead atoms. The number of aromatic nitrogens is 1. The summed E-state index contributed by atoms with van der Waals surface area (Å²) in [5.41, 5.74) is 0. The van der Waals surface area contributed by atoms with Gasteiger partial charge in [-0.15, -0.1) is 0 Å². The van der Waals surface area contributed by atoms with Crippen molar-refractivity contribution >= 4 is 29.4 Å². The van der Waals surface area contributed by atoms with Crippen molar-refractivity contribution in [1.82, 2.24) is 19.9 Å². The second-order valence-electron chi connectivity index (χ2n) is 8.60. The van der Waals surface area contributed by atoms with Crippen molar-refractivity contribution in [2.75, 3.05) is 44.6 Å². The highest BCUT2D eigenvalue weighted by atomic mass is 16.5. The number of rotatable bonds is 6. The standard InChI is InChI=1S/C21H29N5O5/c1-14-12-17(23-31-14)22-18(27)13-24-8-10-25(11-9-24)19(28)6-7-26-20(29)15-4-2-3-5-16(15)21(26)30/h12,15-16H,2-11,13H2,1H3,(H,22,23,27)/t15-,16-/m0/s1. The van der Waals surface area contributed by atoms with Crippen molar-refractivity contribution < 1.29 is 23.7 Å². The minimum Gasteiger partial charge on any atom is -0.360 e. The Morgan fingerprint density at radius 2 is 1.74 bits per heavy atom. The van der Waals surface area contributed by atoms with E-state index in [0.29, 0.717) is 37.8 Å². The monoisotopic (exact) mass is 431 g/mol. The fourth-order valence-corrected chi connectivity index (χ4v) is 4.78. The first-order valence-corrected chi connectivity index (χ1v) is 11.0. The van der Waals surface area contributed by atoms with E-state index in [9.17, 15) is 19.2 Å². The number of carbonyl (C=O) groups is 4. The summed E-state index contributed by atoms with van der Waals surface area (Å²) in [6.07, 6.45) is 3.71. The number of aryl methyl sites for hydroxylation is 1. The van der Waals surface area contributed by atoms with Gasteiger partial charge in [-0.3, -0.25) is 29.0 Å². The smallest absolute Gasteiger partial charge is 0.239 e. The summed E-state index contributed by atoms with van der Waals surface area (Å²) in [7, 11) is 0. The van der Waals surface area contributed by atoms with Crippen LogP contribution in [0.25, 0.3) is 0 Å². The summed E-state index contributed by atoms with van der Waals surface area (Å²) < 4.78 is 4.93. The predicted octanol–water partition coefficient (Wildman–Crippen LogP) is 0.631. The summed E-state index contributed by atoms with van der Waals surface area (Å²) in [5.74, 6) is 0.236. The van der Waals surface area contributed by atoms with Gasteiger partial charge in [0.25, 0.3) is 0 Å². The molecule has 10 heteroatoms. The van der Waals surface area contributed by atoms with Gasteiger partial charge in [-0.1, -0.05) is 18.0 Å². The van der Waals surface area contributed by atoms with Gasteiger partial charge in [0.2, 0.25) is 23.6 Å². The maximum absolute atomic E-state index is 12.6. The molecular formula is C21H29N5O5. The number of piperazine rings is 1. The van der Waals surface area contributed by atoms with E-state index >= 15 is 0 Å². The zero-order chi connectivity index (χ0) is 22.0. The van der Waals surface area contributed by atoms with E-state index in [-0.39, 0.29) is 55.0 Å². The summed E-state index contributed by atoms with van der Waals surface area (Å²) in [6, 6.07) is 1.65. The summed E-state index contributed by atoms with van der Waals surface area (Å²) in [4.78, 5) is 54.9. The molecule has 3 heterocycles. The first-order chi connectivity index (χ1) is 14.9. The Balaban J connectivity index is 1.19. The number of imide groups is 1. The molecule has 2 atom stereocenters. The molecule has 1 aliphatic carbocycles. The topological polar surface area (TPSA) is 116 Å². The van der Waals surface area contributed by atoms with Crippen LogP contribution in [-0.4, -0.2) is 82.8 Å². The van der Waals surface area contributed by atoms with Crippen LogP contribution in [0.4, 0.5) is 5.82 Å². The molecule has 31 heavy (non-hydrogen) atoms. The van der Waals surface area contributed by atoms with Gasteiger partial charge in [-0.2, -0.15) is 0 Å². The van der Waals surface area contributed by atoms with Crippen molar-refractivity contribution in [1.29, 1.82) is 0 Å². The molecule has 1 aromatic heterocycles. The molecule has 10 nitrogen and oxygen atoms in total. The average Bonchev–Trinajstić information content (AvgIpc) is 3.27. The number of hydrogen-bond donors (Lipinski definition) is 1. The minimum atomic E-state index is -0.180. The van der Waals surface area contributed by atoms with Gasteiger partial charge in [-0.05, 0) is 19.8 Å². The number of likely N-dealkylation sites (tertiary alicyclic amines) is 1. The Kier molecular flexibility index (Phi) is 6.35. The van der Waals surface area contributed by atoms with E-state index in [2.05, 4.69) is 10.5 Å². The quantitative estimate of drug-likeness (QED) is 0.657. The van der Waals surface area contributed by atoms with Crippen molar-refractivity contribution in [3.05, 3.63) is 11.8 Å². The molecule has 2 aliphatic heterocycles.